The van der Waals surface area contributed by atoms with Gasteiger partial charge in [-0.15, -0.1) is 5.10 Å². The van der Waals surface area contributed by atoms with Gasteiger partial charge in [-0.25, -0.2) is 18.1 Å². The first-order valence-electron chi connectivity index (χ1n) is 7.32. The van der Waals surface area contributed by atoms with E-state index in [2.05, 4.69) is 10.1 Å². The molecule has 0 N–H and O–H groups in total. The smallest absolute Gasteiger partial charge is 0.241 e. The summed E-state index contributed by atoms with van der Waals surface area (Å²) in [7, 11) is -3.40. The number of fused-ring (bicyclic) bond motifs is 1. The maximum absolute atomic E-state index is 12.3. The molecule has 0 unspecified atom stereocenters. The third-order valence-electron chi connectivity index (χ3n) is 3.86. The number of rotatable bonds is 3. The zero-order valence-corrected chi connectivity index (χ0v) is 11.6. The molecule has 5 nitrogen and oxygen atoms in total. The van der Waals surface area contributed by atoms with Crippen LogP contribution in [-0.2, 0) is 16.2 Å². The Balaban J connectivity index is 1.78. The summed E-state index contributed by atoms with van der Waals surface area (Å²) >= 11 is 0. The van der Waals surface area contributed by atoms with Gasteiger partial charge in [-0.2, -0.15) is 0 Å². The maximum Gasteiger partial charge on any atom is 0.267 e. The normalized spacial score (nSPS) is 26.3. The fourth-order valence-corrected chi connectivity index (χ4v) is 4.08. The van der Waals surface area contributed by atoms with E-state index in [-0.39, 0.29) is 16.4 Å². The Kier molecular flexibility index (Phi) is 2.29. The van der Waals surface area contributed by atoms with Crippen LogP contribution < -0.4 is 0 Å². The van der Waals surface area contributed by atoms with Crippen molar-refractivity contribution in [2.24, 2.45) is 0 Å². The topological polar surface area (TPSA) is 64.8 Å². The summed E-state index contributed by atoms with van der Waals surface area (Å²) in [6.07, 6.45) is 1.45. The number of aromatic nitrogens is 3. The standard InChI is InChI=1S/C14H15N3O2S/c18-20(19,11-6-7-11)14-15-13-9-8-12(17(13)16-14)10-4-2-1-3-5-10/h1-5,11-12H,6-9H2/t12-/m0/s1/i9D/t9-,12-. The van der Waals surface area contributed by atoms with Gasteiger partial charge >= 0.3 is 0 Å². The SMILES string of the molecule is [2H][C@H]1C[C@@H](c2ccccc2)n2nc(S(=O)(=O)C3CC3)nc21. The monoisotopic (exact) mass is 290 g/mol. The first-order valence-corrected chi connectivity index (χ1v) is 8.29. The predicted molar refractivity (Wildman–Crippen MR) is 73.1 cm³/mol. The fourth-order valence-electron chi connectivity index (χ4n) is 2.60. The van der Waals surface area contributed by atoms with Gasteiger partial charge in [0.25, 0.3) is 5.16 Å². The van der Waals surface area contributed by atoms with Crippen molar-refractivity contribution in [2.45, 2.75) is 42.1 Å². The van der Waals surface area contributed by atoms with Crippen LogP contribution in [0.4, 0.5) is 0 Å². The summed E-state index contributed by atoms with van der Waals surface area (Å²) in [6.45, 7) is 0. The van der Waals surface area contributed by atoms with Gasteiger partial charge in [0.1, 0.15) is 5.82 Å². The number of nitrogens with zero attached hydrogens (tertiary/aromatic N) is 3. The third-order valence-corrected chi connectivity index (χ3v) is 5.89. The lowest BCUT2D eigenvalue weighted by Gasteiger charge is -2.11. The molecule has 0 radical (unpaired) electrons. The highest BCUT2D eigenvalue weighted by Gasteiger charge is 2.41. The van der Waals surface area contributed by atoms with Gasteiger partial charge in [0, 0.05) is 7.77 Å². The molecule has 1 aliphatic heterocycles. The van der Waals surface area contributed by atoms with Crippen molar-refractivity contribution in [2.75, 3.05) is 0 Å². The Labute approximate surface area is 119 Å². The van der Waals surface area contributed by atoms with Crippen molar-refractivity contribution in [1.29, 1.82) is 0 Å². The first kappa shape index (κ1) is 11.0. The van der Waals surface area contributed by atoms with Crippen molar-refractivity contribution in [1.82, 2.24) is 14.8 Å². The molecule has 1 fully saturated rings. The molecule has 2 heterocycles. The van der Waals surface area contributed by atoms with Crippen molar-refractivity contribution in [3.63, 3.8) is 0 Å². The number of hydrogen-bond acceptors (Lipinski definition) is 4. The van der Waals surface area contributed by atoms with Gasteiger partial charge in [-0.3, -0.25) is 0 Å². The molecule has 2 aliphatic rings. The van der Waals surface area contributed by atoms with Gasteiger partial charge in [-0.1, -0.05) is 30.3 Å². The second kappa shape index (κ2) is 4.15. The number of aryl methyl sites for hydroxylation is 1. The van der Waals surface area contributed by atoms with Crippen LogP contribution in [0.5, 0.6) is 0 Å². The zero-order valence-electron chi connectivity index (χ0n) is 11.8. The summed E-state index contributed by atoms with van der Waals surface area (Å²) in [5, 5.41) is 3.81. The summed E-state index contributed by atoms with van der Waals surface area (Å²) in [5.41, 5.74) is 1.04. The number of hydrogen-bond donors (Lipinski definition) is 0. The van der Waals surface area contributed by atoms with Gasteiger partial charge < -0.3 is 0 Å². The lowest BCUT2D eigenvalue weighted by molar-refractivity contribution is 0.532. The van der Waals surface area contributed by atoms with E-state index in [0.717, 1.165) is 5.56 Å². The highest BCUT2D eigenvalue weighted by Crippen LogP contribution is 2.35. The summed E-state index contributed by atoms with van der Waals surface area (Å²) in [6, 6.07) is 9.66. The van der Waals surface area contributed by atoms with Crippen molar-refractivity contribution in [3.05, 3.63) is 41.7 Å². The molecule has 0 bridgehead atoms. The predicted octanol–water partition coefficient (Wildman–Crippen LogP) is 1.75. The molecule has 0 spiro atoms. The fraction of sp³-hybridized carbons (Fsp3) is 0.429. The lowest BCUT2D eigenvalue weighted by atomic mass is 10.1. The van der Waals surface area contributed by atoms with Crippen molar-refractivity contribution < 1.29 is 9.79 Å². The van der Waals surface area contributed by atoms with E-state index in [4.69, 9.17) is 1.37 Å². The van der Waals surface area contributed by atoms with E-state index < -0.39 is 16.2 Å². The van der Waals surface area contributed by atoms with Crippen molar-refractivity contribution >= 4 is 9.84 Å². The van der Waals surface area contributed by atoms with Gasteiger partial charge in [-0.05, 0) is 24.8 Å². The molecular formula is C14H15N3O2S. The van der Waals surface area contributed by atoms with Crippen LogP contribution >= 0.6 is 0 Å². The van der Waals surface area contributed by atoms with Crippen LogP contribution in [0.1, 0.15) is 38.1 Å². The highest BCUT2D eigenvalue weighted by atomic mass is 32.2. The number of sulfone groups is 1. The van der Waals surface area contributed by atoms with E-state index >= 15 is 0 Å². The molecule has 1 saturated carbocycles. The molecular weight excluding hydrogens is 274 g/mol. The first-order chi connectivity index (χ1) is 10.1. The summed E-state index contributed by atoms with van der Waals surface area (Å²) < 4.78 is 34.2. The Morgan fingerprint density at radius 3 is 2.65 bits per heavy atom. The van der Waals surface area contributed by atoms with E-state index in [1.54, 1.807) is 4.68 Å². The molecule has 4 rings (SSSR count). The van der Waals surface area contributed by atoms with E-state index in [1.807, 2.05) is 30.3 Å². The molecule has 0 amide bonds. The minimum absolute atomic E-state index is 0.0978. The molecule has 1 aliphatic carbocycles. The molecule has 6 heteroatoms. The molecule has 104 valence electrons. The molecule has 1 aromatic heterocycles. The van der Waals surface area contributed by atoms with Crippen LogP contribution in [0.25, 0.3) is 0 Å². The second-order valence-electron chi connectivity index (χ2n) is 5.31. The Bertz CT molecular complexity index is 784. The van der Waals surface area contributed by atoms with Gasteiger partial charge in [0.15, 0.2) is 0 Å². The average molecular weight is 290 g/mol. The minimum Gasteiger partial charge on any atom is -0.241 e. The minimum atomic E-state index is -3.40. The van der Waals surface area contributed by atoms with Crippen LogP contribution in [0, 0.1) is 0 Å². The molecule has 20 heavy (non-hydrogen) atoms. The highest BCUT2D eigenvalue weighted by molar-refractivity contribution is 7.92. The molecule has 1 aromatic carbocycles. The van der Waals surface area contributed by atoms with Gasteiger partial charge in [0.05, 0.1) is 11.3 Å². The summed E-state index contributed by atoms with van der Waals surface area (Å²) in [5.74, 6) is 0.461. The van der Waals surface area contributed by atoms with Crippen LogP contribution in [0.2, 0.25) is 0 Å². The third kappa shape index (κ3) is 1.78. The molecule has 2 atom stereocenters. The maximum atomic E-state index is 12.3. The summed E-state index contributed by atoms with van der Waals surface area (Å²) in [4.78, 5) is 4.16. The Morgan fingerprint density at radius 1 is 1.20 bits per heavy atom. The van der Waals surface area contributed by atoms with Gasteiger partial charge in [0.2, 0.25) is 9.84 Å². The lowest BCUT2D eigenvalue weighted by Crippen LogP contribution is -2.12. The Morgan fingerprint density at radius 2 is 1.95 bits per heavy atom. The van der Waals surface area contributed by atoms with Crippen LogP contribution in [0.15, 0.2) is 35.5 Å². The molecule has 0 saturated heterocycles. The van der Waals surface area contributed by atoms with Crippen LogP contribution in [0.3, 0.4) is 0 Å². The van der Waals surface area contributed by atoms with Crippen molar-refractivity contribution in [3.8, 4) is 0 Å². The number of benzene rings is 1. The quantitative estimate of drug-likeness (QED) is 0.864. The van der Waals surface area contributed by atoms with E-state index in [0.29, 0.717) is 25.1 Å². The largest absolute Gasteiger partial charge is 0.267 e. The van der Waals surface area contributed by atoms with Crippen LogP contribution in [-0.4, -0.2) is 28.4 Å². The zero-order chi connectivity index (χ0) is 14.6. The van der Waals surface area contributed by atoms with E-state index in [9.17, 15) is 8.42 Å². The molecule has 2 aromatic rings. The second-order valence-corrected chi connectivity index (χ2v) is 7.43. The van der Waals surface area contributed by atoms with E-state index in [1.165, 1.54) is 0 Å². The average Bonchev–Trinajstić information content (AvgIpc) is 3.17. The Hall–Kier alpha value is -1.69.